The van der Waals surface area contributed by atoms with E-state index in [1.54, 1.807) is 31.3 Å². The van der Waals surface area contributed by atoms with E-state index in [0.29, 0.717) is 22.6 Å². The minimum atomic E-state index is -0.209. The molecule has 0 saturated heterocycles. The number of anilines is 1. The molecule has 1 aliphatic carbocycles. The Balaban J connectivity index is 1.83. The minimum absolute atomic E-state index is 0.0391. The second kappa shape index (κ2) is 9.59. The van der Waals surface area contributed by atoms with Crippen molar-refractivity contribution in [3.63, 3.8) is 0 Å². The van der Waals surface area contributed by atoms with Crippen LogP contribution in [0.3, 0.4) is 0 Å². The van der Waals surface area contributed by atoms with Crippen molar-refractivity contribution < 1.29 is 14.3 Å². The Morgan fingerprint density at radius 2 is 1.59 bits per heavy atom. The maximum absolute atomic E-state index is 13.2. The van der Waals surface area contributed by atoms with Crippen LogP contribution in [0.15, 0.2) is 48.5 Å². The van der Waals surface area contributed by atoms with Gasteiger partial charge in [0, 0.05) is 13.1 Å². The van der Waals surface area contributed by atoms with Crippen LogP contribution in [-0.2, 0) is 0 Å². The van der Waals surface area contributed by atoms with Crippen LogP contribution < -0.4 is 15.0 Å². The average molecular weight is 395 g/mol. The van der Waals surface area contributed by atoms with Gasteiger partial charge in [-0.25, -0.2) is 0 Å². The molecule has 0 spiro atoms. The van der Waals surface area contributed by atoms with Crippen LogP contribution in [0.2, 0.25) is 0 Å². The number of benzene rings is 2. The van der Waals surface area contributed by atoms with E-state index in [1.807, 2.05) is 38.1 Å². The number of ether oxygens (including phenoxy) is 1. The largest absolute Gasteiger partial charge is 0.490 e. The number of nitrogens with one attached hydrogen (secondary N) is 1. The third kappa shape index (κ3) is 5.17. The second-order valence-corrected chi connectivity index (χ2v) is 7.85. The summed E-state index contributed by atoms with van der Waals surface area (Å²) in [6.45, 7) is 3.85. The van der Waals surface area contributed by atoms with E-state index in [0.717, 1.165) is 25.7 Å². The van der Waals surface area contributed by atoms with Crippen LogP contribution in [0.1, 0.15) is 66.7 Å². The van der Waals surface area contributed by atoms with Crippen LogP contribution in [0.25, 0.3) is 0 Å². The lowest BCUT2D eigenvalue weighted by atomic mass is 9.95. The number of rotatable bonds is 6. The molecule has 1 fully saturated rings. The molecule has 0 bridgehead atoms. The summed E-state index contributed by atoms with van der Waals surface area (Å²) in [4.78, 5) is 27.7. The molecule has 1 aliphatic rings. The van der Waals surface area contributed by atoms with E-state index in [4.69, 9.17) is 4.74 Å². The topological polar surface area (TPSA) is 58.6 Å². The molecule has 1 saturated carbocycles. The number of nitrogens with zero attached hydrogens (tertiary/aromatic N) is 1. The first-order chi connectivity index (χ1) is 14.0. The summed E-state index contributed by atoms with van der Waals surface area (Å²) in [5.74, 6) is 0.210. The molecule has 5 nitrogen and oxygen atoms in total. The fraction of sp³-hybridized carbons (Fsp3) is 0.417. The molecule has 0 heterocycles. The molecule has 154 valence electrons. The lowest BCUT2D eigenvalue weighted by Crippen LogP contribution is -2.37. The van der Waals surface area contributed by atoms with Crippen LogP contribution in [-0.4, -0.2) is 31.0 Å². The molecule has 2 aromatic carbocycles. The van der Waals surface area contributed by atoms with Crippen molar-refractivity contribution >= 4 is 17.5 Å². The molecule has 0 unspecified atom stereocenters. The number of hydrogen-bond acceptors (Lipinski definition) is 3. The Morgan fingerprint density at radius 1 is 0.966 bits per heavy atom. The van der Waals surface area contributed by atoms with Crippen molar-refractivity contribution in [2.75, 3.05) is 11.9 Å². The molecule has 29 heavy (non-hydrogen) atoms. The van der Waals surface area contributed by atoms with Gasteiger partial charge in [0.15, 0.2) is 0 Å². The molecule has 5 heteroatoms. The van der Waals surface area contributed by atoms with Gasteiger partial charge in [-0.15, -0.1) is 0 Å². The molecule has 2 aromatic rings. The molecule has 0 atom stereocenters. The smallest absolute Gasteiger partial charge is 0.261 e. The van der Waals surface area contributed by atoms with Gasteiger partial charge in [0.25, 0.3) is 11.8 Å². The first-order valence-electron chi connectivity index (χ1n) is 10.4. The van der Waals surface area contributed by atoms with Gasteiger partial charge >= 0.3 is 0 Å². The Hall–Kier alpha value is -2.82. The Bertz CT molecular complexity index is 857. The van der Waals surface area contributed by atoms with Crippen molar-refractivity contribution in [3.8, 4) is 5.75 Å². The Labute approximate surface area is 173 Å². The molecule has 2 amide bonds. The summed E-state index contributed by atoms with van der Waals surface area (Å²) in [7, 11) is 1.70. The highest BCUT2D eigenvalue weighted by Gasteiger charge is 2.24. The van der Waals surface area contributed by atoms with Crippen molar-refractivity contribution in [2.45, 2.75) is 58.1 Å². The van der Waals surface area contributed by atoms with Gasteiger partial charge in [0.2, 0.25) is 0 Å². The van der Waals surface area contributed by atoms with E-state index in [9.17, 15) is 9.59 Å². The van der Waals surface area contributed by atoms with Crippen LogP contribution in [0.4, 0.5) is 5.69 Å². The van der Waals surface area contributed by atoms with Gasteiger partial charge in [-0.1, -0.05) is 43.5 Å². The zero-order valence-corrected chi connectivity index (χ0v) is 17.5. The predicted molar refractivity (Wildman–Crippen MR) is 116 cm³/mol. The standard InChI is InChI=1S/C24H30N2O3/c1-17(2)29-22-16-10-8-14-20(22)24(28)26(3)21-15-9-7-13-19(21)23(27)25-18-11-5-4-6-12-18/h7-10,13-18H,4-6,11-12H2,1-3H3,(H,25,27). The summed E-state index contributed by atoms with van der Waals surface area (Å²) >= 11 is 0. The lowest BCUT2D eigenvalue weighted by molar-refractivity contribution is 0.0928. The first-order valence-corrected chi connectivity index (χ1v) is 10.4. The summed E-state index contributed by atoms with van der Waals surface area (Å²) in [5, 5.41) is 3.15. The quantitative estimate of drug-likeness (QED) is 0.765. The lowest BCUT2D eigenvalue weighted by Gasteiger charge is -2.25. The number of amides is 2. The van der Waals surface area contributed by atoms with E-state index in [1.165, 1.54) is 11.3 Å². The first kappa shape index (κ1) is 20.9. The van der Waals surface area contributed by atoms with Gasteiger partial charge in [-0.05, 0) is 51.0 Å². The van der Waals surface area contributed by atoms with E-state index in [2.05, 4.69) is 5.32 Å². The highest BCUT2D eigenvalue weighted by atomic mass is 16.5. The predicted octanol–water partition coefficient (Wildman–Crippen LogP) is 4.81. The van der Waals surface area contributed by atoms with Crippen molar-refractivity contribution in [3.05, 3.63) is 59.7 Å². The van der Waals surface area contributed by atoms with Crippen molar-refractivity contribution in [1.82, 2.24) is 5.32 Å². The monoisotopic (exact) mass is 394 g/mol. The molecular formula is C24H30N2O3. The number of carbonyl (C=O) groups is 2. The fourth-order valence-corrected chi connectivity index (χ4v) is 3.76. The summed E-state index contributed by atoms with van der Waals surface area (Å²) in [6, 6.07) is 14.7. The molecule has 3 rings (SSSR count). The van der Waals surface area contributed by atoms with Crippen molar-refractivity contribution in [1.29, 1.82) is 0 Å². The van der Waals surface area contributed by atoms with E-state index < -0.39 is 0 Å². The maximum atomic E-state index is 13.2. The molecular weight excluding hydrogens is 364 g/mol. The molecule has 1 N–H and O–H groups in total. The van der Waals surface area contributed by atoms with Gasteiger partial charge in [0.1, 0.15) is 5.75 Å². The molecule has 0 radical (unpaired) electrons. The van der Waals surface area contributed by atoms with Crippen LogP contribution in [0, 0.1) is 0 Å². The summed E-state index contributed by atoms with van der Waals surface area (Å²) < 4.78 is 5.80. The van der Waals surface area contributed by atoms with Crippen molar-refractivity contribution in [2.24, 2.45) is 0 Å². The van der Waals surface area contributed by atoms with Gasteiger partial charge in [0.05, 0.1) is 22.9 Å². The molecule has 0 aromatic heterocycles. The number of para-hydroxylation sites is 2. The Morgan fingerprint density at radius 3 is 2.28 bits per heavy atom. The number of carbonyl (C=O) groups excluding carboxylic acids is 2. The normalized spacial score (nSPS) is 14.5. The van der Waals surface area contributed by atoms with Gasteiger partial charge in [-0.3, -0.25) is 9.59 Å². The second-order valence-electron chi connectivity index (χ2n) is 7.85. The van der Waals surface area contributed by atoms with E-state index >= 15 is 0 Å². The van der Waals surface area contributed by atoms with Gasteiger partial charge < -0.3 is 15.0 Å². The third-order valence-corrected chi connectivity index (χ3v) is 5.24. The van der Waals surface area contributed by atoms with Gasteiger partial charge in [-0.2, -0.15) is 0 Å². The van der Waals surface area contributed by atoms with Crippen LogP contribution >= 0.6 is 0 Å². The summed E-state index contributed by atoms with van der Waals surface area (Å²) in [6.07, 6.45) is 5.53. The fourth-order valence-electron chi connectivity index (χ4n) is 3.76. The summed E-state index contributed by atoms with van der Waals surface area (Å²) in [5.41, 5.74) is 1.58. The van der Waals surface area contributed by atoms with E-state index in [-0.39, 0.29) is 24.0 Å². The molecule has 0 aliphatic heterocycles. The zero-order chi connectivity index (χ0) is 20.8. The highest BCUT2D eigenvalue weighted by Crippen LogP contribution is 2.26. The SMILES string of the molecule is CC(C)Oc1ccccc1C(=O)N(C)c1ccccc1C(=O)NC1CCCCC1. The minimum Gasteiger partial charge on any atom is -0.490 e. The van der Waals surface area contributed by atoms with Crippen LogP contribution in [0.5, 0.6) is 5.75 Å². The number of hydrogen-bond donors (Lipinski definition) is 1. The zero-order valence-electron chi connectivity index (χ0n) is 17.5. The third-order valence-electron chi connectivity index (χ3n) is 5.24. The maximum Gasteiger partial charge on any atom is 0.261 e. The highest BCUT2D eigenvalue weighted by molar-refractivity contribution is 6.11. The average Bonchev–Trinajstić information content (AvgIpc) is 2.73. The Kier molecular flexibility index (Phi) is 6.91.